The third-order valence-electron chi connectivity index (χ3n) is 5.52. The number of nitrogens with one attached hydrogen (secondary N) is 1. The van der Waals surface area contributed by atoms with Gasteiger partial charge in [-0.05, 0) is 60.9 Å². The quantitative estimate of drug-likeness (QED) is 0.389. The van der Waals surface area contributed by atoms with E-state index in [9.17, 15) is 17.2 Å². The van der Waals surface area contributed by atoms with Crippen LogP contribution in [-0.2, 0) is 16.4 Å². The summed E-state index contributed by atoms with van der Waals surface area (Å²) < 4.78 is 67.0. The molecule has 34 heavy (non-hydrogen) atoms. The van der Waals surface area contributed by atoms with Crippen LogP contribution < -0.4 is 14.2 Å². The first-order valence-electron chi connectivity index (χ1n) is 10.3. The summed E-state index contributed by atoms with van der Waals surface area (Å²) in [7, 11) is -1.08. The second-order valence-corrected chi connectivity index (χ2v) is 9.30. The average Bonchev–Trinajstić information content (AvgIpc) is 2.81. The Morgan fingerprint density at radius 1 is 0.941 bits per heavy atom. The van der Waals surface area contributed by atoms with Gasteiger partial charge in [-0.3, -0.25) is 9.71 Å². The van der Waals surface area contributed by atoms with Crippen LogP contribution in [0.3, 0.4) is 0 Å². The number of nitrogens with zero attached hydrogens (tertiary/aromatic N) is 1. The molecule has 0 aliphatic heterocycles. The Kier molecular flexibility index (Phi) is 6.39. The molecule has 0 bridgehead atoms. The Labute approximate surface area is 196 Å². The average molecular weight is 485 g/mol. The molecule has 1 heterocycles. The van der Waals surface area contributed by atoms with Crippen LogP contribution in [0.2, 0.25) is 0 Å². The Morgan fingerprint density at radius 2 is 1.68 bits per heavy atom. The van der Waals surface area contributed by atoms with Crippen LogP contribution in [0.15, 0.2) is 65.7 Å². The van der Waals surface area contributed by atoms with Crippen LogP contribution in [0.4, 0.5) is 14.5 Å². The molecule has 4 aromatic rings. The van der Waals surface area contributed by atoms with Crippen LogP contribution in [0.1, 0.15) is 16.7 Å². The summed E-state index contributed by atoms with van der Waals surface area (Å²) in [4.78, 5) is 4.12. The lowest BCUT2D eigenvalue weighted by molar-refractivity contribution is 0.356. The highest BCUT2D eigenvalue weighted by Gasteiger charge is 2.20. The molecule has 0 fully saturated rings. The van der Waals surface area contributed by atoms with Crippen molar-refractivity contribution in [3.8, 4) is 11.5 Å². The van der Waals surface area contributed by atoms with Gasteiger partial charge in [0.1, 0.15) is 11.6 Å². The lowest BCUT2D eigenvalue weighted by Crippen LogP contribution is -2.16. The number of pyridine rings is 1. The van der Waals surface area contributed by atoms with Crippen LogP contribution in [0.25, 0.3) is 10.9 Å². The highest BCUT2D eigenvalue weighted by Crippen LogP contribution is 2.33. The third-order valence-corrected chi connectivity index (χ3v) is 7.03. The third kappa shape index (κ3) is 4.51. The standard InChI is InChI=1S/C25H22F2N2O4S/c1-15-19(26)5-4-6-25(15)34(30,31)29-21-8-7-16(12-20(21)27)11-17-9-10-28-22-14-24(33-3)23(32-2)13-18(17)22/h4-10,12-14,29H,11H2,1-3H3. The van der Waals surface area contributed by atoms with Gasteiger partial charge in [0.25, 0.3) is 10.0 Å². The Morgan fingerprint density at radius 3 is 2.38 bits per heavy atom. The number of ether oxygens (including phenoxy) is 2. The predicted molar refractivity (Wildman–Crippen MR) is 126 cm³/mol. The second kappa shape index (κ2) is 9.26. The van der Waals surface area contributed by atoms with Crippen molar-refractivity contribution in [2.45, 2.75) is 18.2 Å². The molecule has 176 valence electrons. The van der Waals surface area contributed by atoms with Gasteiger partial charge >= 0.3 is 0 Å². The van der Waals surface area contributed by atoms with Crippen molar-refractivity contribution < 1.29 is 26.7 Å². The summed E-state index contributed by atoms with van der Waals surface area (Å²) in [5.41, 5.74) is 1.95. The molecule has 4 rings (SSSR count). The molecular weight excluding hydrogens is 462 g/mol. The first-order chi connectivity index (χ1) is 16.2. The number of hydrogen-bond donors (Lipinski definition) is 1. The van der Waals surface area contributed by atoms with Crippen molar-refractivity contribution in [2.24, 2.45) is 0 Å². The molecule has 9 heteroatoms. The molecule has 0 unspecified atom stereocenters. The zero-order valence-electron chi connectivity index (χ0n) is 18.7. The number of aromatic nitrogens is 1. The topological polar surface area (TPSA) is 77.5 Å². The molecule has 0 aliphatic carbocycles. The van der Waals surface area contributed by atoms with E-state index < -0.39 is 21.7 Å². The minimum absolute atomic E-state index is 0.0383. The van der Waals surface area contributed by atoms with E-state index in [-0.39, 0.29) is 16.1 Å². The molecule has 6 nitrogen and oxygen atoms in total. The van der Waals surface area contributed by atoms with E-state index >= 15 is 0 Å². The molecule has 0 radical (unpaired) electrons. The summed E-state index contributed by atoms with van der Waals surface area (Å²) >= 11 is 0. The minimum atomic E-state index is -4.17. The van der Waals surface area contributed by atoms with Crippen molar-refractivity contribution in [2.75, 3.05) is 18.9 Å². The maximum absolute atomic E-state index is 14.9. The SMILES string of the molecule is COc1cc2nccc(Cc3ccc(NS(=O)(=O)c4cccc(F)c4C)c(F)c3)c2cc1OC. The largest absolute Gasteiger partial charge is 0.493 e. The molecule has 3 aromatic carbocycles. The number of halogens is 2. The fraction of sp³-hybridized carbons (Fsp3) is 0.160. The predicted octanol–water partition coefficient (Wildman–Crippen LogP) is 5.23. The Bertz CT molecular complexity index is 1490. The molecule has 0 saturated heterocycles. The molecule has 0 atom stereocenters. The summed E-state index contributed by atoms with van der Waals surface area (Å²) in [6.45, 7) is 1.35. The number of hydrogen-bond acceptors (Lipinski definition) is 5. The van der Waals surface area contributed by atoms with Crippen LogP contribution in [0, 0.1) is 18.6 Å². The highest BCUT2D eigenvalue weighted by molar-refractivity contribution is 7.92. The fourth-order valence-corrected chi connectivity index (χ4v) is 5.06. The first kappa shape index (κ1) is 23.4. The zero-order chi connectivity index (χ0) is 24.5. The maximum Gasteiger partial charge on any atom is 0.262 e. The normalized spacial score (nSPS) is 11.4. The highest BCUT2D eigenvalue weighted by atomic mass is 32.2. The smallest absolute Gasteiger partial charge is 0.262 e. The van der Waals surface area contributed by atoms with Crippen LogP contribution in [-0.4, -0.2) is 27.6 Å². The van der Waals surface area contributed by atoms with Crippen molar-refractivity contribution in [1.29, 1.82) is 0 Å². The van der Waals surface area contributed by atoms with Gasteiger partial charge in [-0.1, -0.05) is 12.1 Å². The minimum Gasteiger partial charge on any atom is -0.493 e. The van der Waals surface area contributed by atoms with Crippen molar-refractivity contribution >= 4 is 26.6 Å². The van der Waals surface area contributed by atoms with Crippen molar-refractivity contribution in [3.05, 3.63) is 89.1 Å². The second-order valence-electron chi connectivity index (χ2n) is 7.65. The number of benzene rings is 3. The van der Waals surface area contributed by atoms with Crippen molar-refractivity contribution in [1.82, 2.24) is 4.98 Å². The molecule has 0 saturated carbocycles. The van der Waals surface area contributed by atoms with Gasteiger partial charge in [-0.15, -0.1) is 0 Å². The summed E-state index contributed by atoms with van der Waals surface area (Å²) in [6.07, 6.45) is 2.03. The number of rotatable bonds is 7. The molecule has 0 aliphatic rings. The van der Waals surface area contributed by atoms with E-state index in [1.807, 2.05) is 12.1 Å². The number of sulfonamides is 1. The Hall–Kier alpha value is -3.72. The zero-order valence-corrected chi connectivity index (χ0v) is 19.5. The number of anilines is 1. The summed E-state index contributed by atoms with van der Waals surface area (Å²) in [6, 6.07) is 13.4. The van der Waals surface area contributed by atoms with Gasteiger partial charge < -0.3 is 9.47 Å². The van der Waals surface area contributed by atoms with E-state index in [4.69, 9.17) is 9.47 Å². The van der Waals surface area contributed by atoms with E-state index in [2.05, 4.69) is 9.71 Å². The molecule has 0 amide bonds. The fourth-order valence-electron chi connectivity index (χ4n) is 3.73. The van der Waals surface area contributed by atoms with Crippen molar-refractivity contribution in [3.63, 3.8) is 0 Å². The lowest BCUT2D eigenvalue weighted by Gasteiger charge is -2.13. The van der Waals surface area contributed by atoms with Gasteiger partial charge in [0.05, 0.1) is 30.3 Å². The van der Waals surface area contributed by atoms with E-state index in [0.29, 0.717) is 29.0 Å². The molecule has 0 spiro atoms. The van der Waals surface area contributed by atoms with E-state index in [0.717, 1.165) is 17.0 Å². The summed E-state index contributed by atoms with van der Waals surface area (Å²) in [5.74, 6) is -0.297. The molecular formula is C25H22F2N2O4S. The number of fused-ring (bicyclic) bond motifs is 1. The number of methoxy groups -OCH3 is 2. The van der Waals surface area contributed by atoms with Gasteiger partial charge in [-0.25, -0.2) is 17.2 Å². The van der Waals surface area contributed by atoms with Gasteiger partial charge in [0.2, 0.25) is 0 Å². The molecule has 1 N–H and O–H groups in total. The Balaban J connectivity index is 1.63. The van der Waals surface area contributed by atoms with Gasteiger partial charge in [-0.2, -0.15) is 0 Å². The maximum atomic E-state index is 14.9. The van der Waals surface area contributed by atoms with Gasteiger partial charge in [0.15, 0.2) is 11.5 Å². The van der Waals surface area contributed by atoms with Crippen LogP contribution in [0.5, 0.6) is 11.5 Å². The first-order valence-corrected chi connectivity index (χ1v) is 11.8. The van der Waals surface area contributed by atoms with Gasteiger partial charge in [0, 0.05) is 23.2 Å². The van der Waals surface area contributed by atoms with E-state index in [1.165, 1.54) is 31.2 Å². The monoisotopic (exact) mass is 484 g/mol. The summed E-state index contributed by atoms with van der Waals surface area (Å²) in [5, 5.41) is 0.826. The van der Waals surface area contributed by atoms with E-state index in [1.54, 1.807) is 32.5 Å². The lowest BCUT2D eigenvalue weighted by atomic mass is 10.0. The molecule has 1 aromatic heterocycles. The van der Waals surface area contributed by atoms with Crippen LogP contribution >= 0.6 is 0 Å².